The van der Waals surface area contributed by atoms with E-state index in [9.17, 15) is 0 Å². The van der Waals surface area contributed by atoms with Gasteiger partial charge in [0.05, 0.1) is 27.0 Å². The molecule has 126 valence electrons. The van der Waals surface area contributed by atoms with Crippen molar-refractivity contribution in [3.63, 3.8) is 0 Å². The van der Waals surface area contributed by atoms with Crippen molar-refractivity contribution < 1.29 is 18.9 Å². The molecule has 2 heterocycles. The third-order valence-corrected chi connectivity index (χ3v) is 3.52. The summed E-state index contributed by atoms with van der Waals surface area (Å²) in [5.41, 5.74) is 1.64. The van der Waals surface area contributed by atoms with E-state index in [2.05, 4.69) is 15.1 Å². The Kier molecular flexibility index (Phi) is 4.48. The quantitative estimate of drug-likeness (QED) is 0.683. The van der Waals surface area contributed by atoms with Gasteiger partial charge in [0.25, 0.3) is 5.78 Å². The van der Waals surface area contributed by atoms with Gasteiger partial charge in [-0.2, -0.15) is 9.50 Å². The molecule has 3 aromatic rings. The highest BCUT2D eigenvalue weighted by atomic mass is 16.5. The zero-order chi connectivity index (χ0) is 17.1. The van der Waals surface area contributed by atoms with Crippen molar-refractivity contribution in [3.05, 3.63) is 30.2 Å². The van der Waals surface area contributed by atoms with Crippen LogP contribution >= 0.6 is 0 Å². The summed E-state index contributed by atoms with van der Waals surface area (Å²) in [4.78, 5) is 8.57. The molecule has 0 fully saturated rings. The summed E-state index contributed by atoms with van der Waals surface area (Å²) in [5.74, 6) is 2.72. The molecule has 0 N–H and O–H groups in total. The average molecular weight is 330 g/mol. The van der Waals surface area contributed by atoms with E-state index in [0.717, 1.165) is 11.3 Å². The second-order valence-electron chi connectivity index (χ2n) is 4.92. The summed E-state index contributed by atoms with van der Waals surface area (Å²) in [5, 5.41) is 4.44. The number of benzene rings is 1. The lowest BCUT2D eigenvalue weighted by Gasteiger charge is -2.14. The summed E-state index contributed by atoms with van der Waals surface area (Å²) in [7, 11) is 6.32. The topological polar surface area (TPSA) is 80.0 Å². The van der Waals surface area contributed by atoms with Crippen molar-refractivity contribution in [1.29, 1.82) is 0 Å². The van der Waals surface area contributed by atoms with Gasteiger partial charge < -0.3 is 18.9 Å². The molecule has 8 heteroatoms. The van der Waals surface area contributed by atoms with Gasteiger partial charge in [0, 0.05) is 18.9 Å². The lowest BCUT2D eigenvalue weighted by molar-refractivity contribution is 0.178. The Morgan fingerprint density at radius 2 is 1.71 bits per heavy atom. The number of rotatable bonds is 6. The third kappa shape index (κ3) is 2.71. The van der Waals surface area contributed by atoms with Crippen LogP contribution in [0.1, 0.15) is 5.82 Å². The fourth-order valence-corrected chi connectivity index (χ4v) is 2.47. The van der Waals surface area contributed by atoms with Gasteiger partial charge in [0.1, 0.15) is 6.61 Å². The molecule has 0 saturated heterocycles. The highest BCUT2D eigenvalue weighted by molar-refractivity contribution is 5.69. The zero-order valence-electron chi connectivity index (χ0n) is 13.9. The maximum absolute atomic E-state index is 5.41. The molecule has 0 radical (unpaired) electrons. The van der Waals surface area contributed by atoms with Gasteiger partial charge >= 0.3 is 0 Å². The minimum atomic E-state index is 0.318. The van der Waals surface area contributed by atoms with Crippen LogP contribution in [0.3, 0.4) is 0 Å². The largest absolute Gasteiger partial charge is 0.493 e. The van der Waals surface area contributed by atoms with Crippen LogP contribution < -0.4 is 14.2 Å². The minimum Gasteiger partial charge on any atom is -0.493 e. The van der Waals surface area contributed by atoms with E-state index in [1.165, 1.54) is 0 Å². The highest BCUT2D eigenvalue weighted by Gasteiger charge is 2.17. The molecule has 0 aliphatic carbocycles. The monoisotopic (exact) mass is 330 g/mol. The molecule has 3 rings (SSSR count). The summed E-state index contributed by atoms with van der Waals surface area (Å²) in [6, 6.07) is 5.56. The van der Waals surface area contributed by atoms with Crippen LogP contribution in [0.5, 0.6) is 17.2 Å². The van der Waals surface area contributed by atoms with Crippen LogP contribution in [-0.4, -0.2) is 48.0 Å². The minimum absolute atomic E-state index is 0.318. The molecule has 0 bridgehead atoms. The molecule has 0 aliphatic heterocycles. The van der Waals surface area contributed by atoms with Crippen LogP contribution in [0, 0.1) is 0 Å². The molecule has 0 unspecified atom stereocenters. The standard InChI is InChI=1S/C16H18N4O4/c1-21-9-14-18-16-17-6-5-11(20(16)19-14)10-7-12(22-2)15(24-4)13(8-10)23-3/h5-8H,9H2,1-4H3. The fraction of sp³-hybridized carbons (Fsp3) is 0.312. The fourth-order valence-electron chi connectivity index (χ4n) is 2.47. The van der Waals surface area contributed by atoms with E-state index in [1.54, 1.807) is 39.2 Å². The Bertz CT molecular complexity index is 837. The molecule has 8 nitrogen and oxygen atoms in total. The predicted octanol–water partition coefficient (Wildman–Crippen LogP) is 1.96. The van der Waals surface area contributed by atoms with Crippen molar-refractivity contribution in [2.24, 2.45) is 0 Å². The van der Waals surface area contributed by atoms with Gasteiger partial charge in [-0.05, 0) is 18.2 Å². The van der Waals surface area contributed by atoms with E-state index in [-0.39, 0.29) is 0 Å². The van der Waals surface area contributed by atoms with E-state index < -0.39 is 0 Å². The Morgan fingerprint density at radius 3 is 2.29 bits per heavy atom. The van der Waals surface area contributed by atoms with Crippen molar-refractivity contribution in [3.8, 4) is 28.5 Å². The maximum Gasteiger partial charge on any atom is 0.253 e. The van der Waals surface area contributed by atoms with Crippen LogP contribution in [0.2, 0.25) is 0 Å². The van der Waals surface area contributed by atoms with Crippen LogP contribution in [-0.2, 0) is 11.3 Å². The van der Waals surface area contributed by atoms with Gasteiger partial charge in [-0.25, -0.2) is 4.98 Å². The zero-order valence-corrected chi connectivity index (χ0v) is 13.9. The van der Waals surface area contributed by atoms with Crippen molar-refractivity contribution in [2.45, 2.75) is 6.61 Å². The molecule has 0 saturated carbocycles. The third-order valence-electron chi connectivity index (χ3n) is 3.52. The lowest BCUT2D eigenvalue weighted by atomic mass is 10.1. The molecule has 24 heavy (non-hydrogen) atoms. The average Bonchev–Trinajstić information content (AvgIpc) is 3.03. The number of aromatic nitrogens is 4. The number of hydrogen-bond donors (Lipinski definition) is 0. The highest BCUT2D eigenvalue weighted by Crippen LogP contribution is 2.41. The van der Waals surface area contributed by atoms with Crippen molar-refractivity contribution in [2.75, 3.05) is 28.4 Å². The Morgan fingerprint density at radius 1 is 1.00 bits per heavy atom. The van der Waals surface area contributed by atoms with Crippen LogP contribution in [0.25, 0.3) is 17.0 Å². The Hall–Kier alpha value is -2.87. The summed E-state index contributed by atoms with van der Waals surface area (Å²) in [6.07, 6.45) is 1.68. The van der Waals surface area contributed by atoms with Crippen LogP contribution in [0.4, 0.5) is 0 Å². The Balaban J connectivity index is 2.19. The summed E-state index contributed by atoms with van der Waals surface area (Å²) >= 11 is 0. The Labute approximate surface area is 139 Å². The molecule has 2 aromatic heterocycles. The van der Waals surface area contributed by atoms with E-state index in [4.69, 9.17) is 18.9 Å². The molecule has 0 aliphatic rings. The van der Waals surface area contributed by atoms with Gasteiger partial charge in [0.15, 0.2) is 17.3 Å². The lowest BCUT2D eigenvalue weighted by Crippen LogP contribution is -1.99. The first-order valence-electron chi connectivity index (χ1n) is 7.21. The molecular formula is C16H18N4O4. The predicted molar refractivity (Wildman–Crippen MR) is 86.6 cm³/mol. The van der Waals surface area contributed by atoms with E-state index >= 15 is 0 Å². The number of methoxy groups -OCH3 is 4. The van der Waals surface area contributed by atoms with Crippen molar-refractivity contribution >= 4 is 5.78 Å². The first kappa shape index (κ1) is 16.0. The van der Waals surface area contributed by atoms with Gasteiger partial charge in [-0.1, -0.05) is 0 Å². The normalized spacial score (nSPS) is 10.8. The smallest absolute Gasteiger partial charge is 0.253 e. The molecule has 1 aromatic carbocycles. The van der Waals surface area contributed by atoms with Gasteiger partial charge in [-0.3, -0.25) is 0 Å². The molecular weight excluding hydrogens is 312 g/mol. The molecule has 0 atom stereocenters. The number of fused-ring (bicyclic) bond motifs is 1. The van der Waals surface area contributed by atoms with Crippen LogP contribution in [0.15, 0.2) is 24.4 Å². The second-order valence-corrected chi connectivity index (χ2v) is 4.92. The number of ether oxygens (including phenoxy) is 4. The van der Waals surface area contributed by atoms with Gasteiger partial charge in [-0.15, -0.1) is 5.10 Å². The summed E-state index contributed by atoms with van der Waals surface area (Å²) < 4.78 is 22.9. The number of nitrogens with zero attached hydrogens (tertiary/aromatic N) is 4. The van der Waals surface area contributed by atoms with E-state index in [0.29, 0.717) is 35.5 Å². The summed E-state index contributed by atoms with van der Waals surface area (Å²) in [6.45, 7) is 0.318. The first-order chi connectivity index (χ1) is 11.7. The first-order valence-corrected chi connectivity index (χ1v) is 7.21. The SMILES string of the molecule is COCc1nc2nccc(-c3cc(OC)c(OC)c(OC)c3)n2n1. The molecule has 0 amide bonds. The number of hydrogen-bond acceptors (Lipinski definition) is 7. The van der Waals surface area contributed by atoms with Crippen molar-refractivity contribution in [1.82, 2.24) is 19.6 Å². The van der Waals surface area contributed by atoms with E-state index in [1.807, 2.05) is 18.2 Å². The van der Waals surface area contributed by atoms with Gasteiger partial charge in [0.2, 0.25) is 5.75 Å². The molecule has 0 spiro atoms. The second kappa shape index (κ2) is 6.71. The maximum atomic E-state index is 5.41.